The van der Waals surface area contributed by atoms with Gasteiger partial charge in [-0.25, -0.2) is 14.4 Å². The van der Waals surface area contributed by atoms with Crippen molar-refractivity contribution in [3.8, 4) is 6.07 Å². The Labute approximate surface area is 207 Å². The molecule has 1 unspecified atom stereocenters. The van der Waals surface area contributed by atoms with Gasteiger partial charge in [-0.15, -0.1) is 11.3 Å². The molecule has 1 N–H and O–H groups in total. The lowest BCUT2D eigenvalue weighted by Gasteiger charge is -2.32. The van der Waals surface area contributed by atoms with Crippen LogP contribution in [0.1, 0.15) is 68.9 Å². The number of hydrogen-bond acceptors (Lipinski definition) is 6. The van der Waals surface area contributed by atoms with Crippen LogP contribution in [0.25, 0.3) is 10.2 Å². The van der Waals surface area contributed by atoms with Crippen LogP contribution < -0.4 is 5.31 Å². The Kier molecular flexibility index (Phi) is 2.67. The van der Waals surface area contributed by atoms with E-state index in [0.717, 1.165) is 17.0 Å². The zero-order valence-electron chi connectivity index (χ0n) is 31.0. The van der Waals surface area contributed by atoms with Gasteiger partial charge < -0.3 is 5.31 Å². The number of nitrogens with zero attached hydrogens (tertiary/aromatic N) is 4. The van der Waals surface area contributed by atoms with Crippen molar-refractivity contribution in [3.05, 3.63) is 51.3 Å². The maximum atomic E-state index is 14.1. The molecule has 1 aliphatic rings. The lowest BCUT2D eigenvalue weighted by molar-refractivity contribution is 0.211. The number of rotatable bonds is 5. The van der Waals surface area contributed by atoms with E-state index in [9.17, 15) is 9.65 Å². The minimum Gasteiger partial charge on any atom is -0.367 e. The Bertz CT molecular complexity index is 1710. The Morgan fingerprint density at radius 3 is 3.13 bits per heavy atom. The molecule has 1 aliphatic heterocycles. The summed E-state index contributed by atoms with van der Waals surface area (Å²) >= 11 is 6.11. The van der Waals surface area contributed by atoms with Crippen molar-refractivity contribution >= 4 is 39.0 Å². The summed E-state index contributed by atoms with van der Waals surface area (Å²) in [6, 6.07) is -0.603. The molecule has 8 heteroatoms. The monoisotopic (exact) mass is 459 g/mol. The summed E-state index contributed by atoms with van der Waals surface area (Å²) in [7, 11) is 0. The number of anilines is 1. The van der Waals surface area contributed by atoms with Gasteiger partial charge in [-0.3, -0.25) is 4.90 Å². The highest BCUT2D eigenvalue weighted by molar-refractivity contribution is 7.18. The third-order valence-corrected chi connectivity index (χ3v) is 5.30. The summed E-state index contributed by atoms with van der Waals surface area (Å²) in [5.74, 6) is -5.31. The van der Waals surface area contributed by atoms with Crippen LogP contribution in [0.2, 0.25) is 6.43 Å². The number of thiophene rings is 1. The van der Waals surface area contributed by atoms with Gasteiger partial charge in [0.05, 0.1) is 18.7 Å². The van der Waals surface area contributed by atoms with Crippen LogP contribution in [-0.4, -0.2) is 34.0 Å². The number of nitriles is 1. The molecule has 0 bridgehead atoms. The Morgan fingerprint density at radius 1 is 1.60 bits per heavy atom. The summed E-state index contributed by atoms with van der Waals surface area (Å²) in [6.07, 6.45) is -7.00. The van der Waals surface area contributed by atoms with Gasteiger partial charge in [0.1, 0.15) is 24.4 Å². The molecule has 2 aromatic heterocycles. The molecule has 0 saturated carbocycles. The standard InChI is InChI=1S/C22H23ClFN5S/c1-13(2)19-9-17-21(26-12-27-22(17)30-19)28-16-3-5-29(6-4-16)11-14-7-15(10-25)20(24)18(23)8-14/h7-9,12-13,16H,3-6,11H2,1-2H3,(H,26,27,28)/i1D3,2D3,3D2,4D2,9D,11D,12D,13D,16D/hD. The van der Waals surface area contributed by atoms with E-state index < -0.39 is 108 Å². The van der Waals surface area contributed by atoms with Crippen LogP contribution in [0.5, 0.6) is 0 Å². The summed E-state index contributed by atoms with van der Waals surface area (Å²) in [6.45, 7) is -10.4. The van der Waals surface area contributed by atoms with Gasteiger partial charge in [0.15, 0.2) is 7.23 Å². The van der Waals surface area contributed by atoms with Crippen LogP contribution in [0.3, 0.4) is 0 Å². The lowest BCUT2D eigenvalue weighted by atomic mass is 10.0. The normalized spacial score (nSPS) is 30.0. The molecule has 1 aromatic carbocycles. The van der Waals surface area contributed by atoms with E-state index in [-0.39, 0.29) is 22.2 Å². The largest absolute Gasteiger partial charge is 0.367 e. The molecular formula is C22H23ClFN5S. The third kappa shape index (κ3) is 4.41. The van der Waals surface area contributed by atoms with Gasteiger partial charge in [0, 0.05) is 47.0 Å². The number of piperidine rings is 1. The number of aromatic nitrogens is 2. The van der Waals surface area contributed by atoms with Gasteiger partial charge in [0.2, 0.25) is 0 Å². The smallest absolute Gasteiger partial charge is 0.162 e. The number of halogens is 2. The van der Waals surface area contributed by atoms with Crippen LogP contribution in [-0.2, 0) is 6.52 Å². The first kappa shape index (κ1) is 9.07. The summed E-state index contributed by atoms with van der Waals surface area (Å²) in [4.78, 5) is 7.16. The average Bonchev–Trinajstić information content (AvgIpc) is 3.25. The second-order valence-corrected chi connectivity index (χ2v) is 7.49. The summed E-state index contributed by atoms with van der Waals surface area (Å²) < 4.78 is 147. The highest BCUT2D eigenvalue weighted by atomic mass is 35.5. The molecule has 156 valence electrons. The molecule has 3 heterocycles. The second kappa shape index (κ2) is 8.84. The number of fused-ring (bicyclic) bond motifs is 1. The molecule has 0 spiro atoms. The predicted molar refractivity (Wildman–Crippen MR) is 120 cm³/mol. The first-order valence-corrected chi connectivity index (χ1v) is 9.59. The zero-order valence-corrected chi connectivity index (χ0v) is 16.6. The van der Waals surface area contributed by atoms with Crippen molar-refractivity contribution in [2.24, 2.45) is 0 Å². The fourth-order valence-corrected chi connectivity index (χ4v) is 3.67. The zero-order chi connectivity index (χ0) is 35.2. The van der Waals surface area contributed by atoms with Gasteiger partial charge in [-0.05, 0) is 42.4 Å². The van der Waals surface area contributed by atoms with E-state index in [1.54, 1.807) is 6.07 Å². The average molecular weight is 460 g/mol. The topological polar surface area (TPSA) is 64.8 Å². The van der Waals surface area contributed by atoms with E-state index in [1.165, 1.54) is 0 Å². The number of likely N-dealkylation sites (tertiary alicyclic amines) is 1. The first-order valence-electron chi connectivity index (χ1n) is 16.4. The molecule has 1 saturated heterocycles. The van der Waals surface area contributed by atoms with E-state index in [0.29, 0.717) is 0 Å². The predicted octanol–water partition coefficient (Wildman–Crippen LogP) is 5.56. The van der Waals surface area contributed by atoms with Gasteiger partial charge in [0.25, 0.3) is 0 Å². The van der Waals surface area contributed by atoms with Crippen molar-refractivity contribution in [3.63, 3.8) is 0 Å². The van der Waals surface area contributed by atoms with Crippen LogP contribution >= 0.6 is 22.9 Å². The summed E-state index contributed by atoms with van der Waals surface area (Å²) in [5.41, 5.74) is -0.595. The first-order chi connectivity index (χ1) is 20.8. The van der Waals surface area contributed by atoms with Crippen molar-refractivity contribution in [1.29, 1.82) is 5.26 Å². The van der Waals surface area contributed by atoms with Gasteiger partial charge in [-0.2, -0.15) is 5.26 Å². The quantitative estimate of drug-likeness (QED) is 0.541. The van der Waals surface area contributed by atoms with Crippen molar-refractivity contribution < 1.29 is 26.4 Å². The molecular weight excluding hydrogens is 421 g/mol. The number of hydrogen-bond donors (Lipinski definition) is 1. The summed E-state index contributed by atoms with van der Waals surface area (Å²) in [5, 5.41) is 8.08. The minimum absolute atomic E-state index is 0.0290. The molecule has 1 fully saturated rings. The molecule has 0 aliphatic carbocycles. The maximum Gasteiger partial charge on any atom is 0.162 e. The molecule has 0 radical (unpaired) electrons. The van der Waals surface area contributed by atoms with E-state index in [1.807, 2.05) is 0 Å². The van der Waals surface area contributed by atoms with Crippen LogP contribution in [0.15, 0.2) is 24.5 Å². The van der Waals surface area contributed by atoms with E-state index >= 15 is 0 Å². The van der Waals surface area contributed by atoms with Gasteiger partial charge in [-0.1, -0.05) is 25.3 Å². The van der Waals surface area contributed by atoms with Crippen molar-refractivity contribution in [2.75, 3.05) is 18.4 Å². The van der Waals surface area contributed by atoms with Gasteiger partial charge >= 0.3 is 0 Å². The minimum atomic E-state index is -3.51. The molecule has 4 rings (SSSR count). The van der Waals surface area contributed by atoms with Crippen LogP contribution in [0, 0.1) is 17.1 Å². The Hall–Kier alpha value is -2.27. The molecule has 30 heavy (non-hydrogen) atoms. The molecule has 3 aromatic rings. The van der Waals surface area contributed by atoms with E-state index in [4.69, 9.17) is 33.6 Å². The van der Waals surface area contributed by atoms with Crippen molar-refractivity contribution in [2.45, 2.75) is 44.9 Å². The van der Waals surface area contributed by atoms with E-state index in [2.05, 4.69) is 9.97 Å². The molecule has 0 amide bonds. The number of benzene rings is 1. The fourth-order valence-electron chi connectivity index (χ4n) is 2.66. The second-order valence-electron chi connectivity index (χ2n) is 6.08. The SMILES string of the molecule is [2H]c1nc(N([2H])C2([2H])C([2H])([2H])CN(C([2H])c3cc(Cl)c(F)c(C#N)c3)CC2([2H])[2H])c2c([2H])c(C([2H])(C([2H])([2H])[2H])C([2H])([2H])[2H])sc2n1. The lowest BCUT2D eigenvalue weighted by Crippen LogP contribution is -2.38. The molecule has 5 nitrogen and oxygen atoms in total. The Morgan fingerprint density at radius 2 is 2.40 bits per heavy atom. The fraction of sp³-hybridized carbons (Fsp3) is 0.409. The number of nitrogens with one attached hydrogen (secondary N) is 1. The van der Waals surface area contributed by atoms with Crippen molar-refractivity contribution in [1.82, 2.24) is 14.9 Å². The highest BCUT2D eigenvalue weighted by Crippen LogP contribution is 2.33. The molecule has 1 atom stereocenters. The Balaban J connectivity index is 1.86. The maximum absolute atomic E-state index is 14.1. The van der Waals surface area contributed by atoms with Crippen LogP contribution in [0.4, 0.5) is 10.2 Å². The highest BCUT2D eigenvalue weighted by Gasteiger charge is 2.21. The third-order valence-electron chi connectivity index (χ3n) is 4.03.